The molecule has 6 heteroatoms. The standard InChI is InChI=1S/C27H36O6/c1-13-11-26-14(2)9-18-19(24(18,3)4)17(20(26)28)10-16-12-31-25(5,6)33-22(16)27(26,30)21(13)32-23(29)15-7-8-15/h10-11,14-15,17-19,21-22,30H,7-9,12H2,1-6H3/t14?,17-,18+,19+,21-,22+,26?,27+/m0/s1. The Morgan fingerprint density at radius 1 is 1.21 bits per heavy atom. The smallest absolute Gasteiger partial charge is 0.309 e. The third-order valence-electron chi connectivity index (χ3n) is 9.82. The highest BCUT2D eigenvalue weighted by Gasteiger charge is 2.77. The van der Waals surface area contributed by atoms with Gasteiger partial charge in [-0.25, -0.2) is 0 Å². The lowest BCUT2D eigenvalue weighted by Gasteiger charge is -2.52. The minimum absolute atomic E-state index is 0.0446. The van der Waals surface area contributed by atoms with Gasteiger partial charge < -0.3 is 19.3 Å². The Morgan fingerprint density at radius 2 is 1.91 bits per heavy atom. The van der Waals surface area contributed by atoms with E-state index >= 15 is 0 Å². The number of esters is 1. The van der Waals surface area contributed by atoms with Gasteiger partial charge in [-0.15, -0.1) is 0 Å². The average molecular weight is 457 g/mol. The van der Waals surface area contributed by atoms with Crippen molar-refractivity contribution in [1.29, 1.82) is 0 Å². The van der Waals surface area contributed by atoms with Crippen molar-refractivity contribution in [1.82, 2.24) is 0 Å². The SMILES string of the molecule is CC1=CC23C(=O)[C@@H](C=C4COC(C)(C)O[C@H]4[C@]2(O)[C@H]1OC(=O)C1CC1)[C@@H]1[C@@H](CC3C)C1(C)C. The number of aliphatic hydroxyl groups is 1. The number of ketones is 1. The lowest BCUT2D eigenvalue weighted by atomic mass is 9.59. The van der Waals surface area contributed by atoms with Crippen LogP contribution < -0.4 is 0 Å². The Morgan fingerprint density at radius 3 is 2.58 bits per heavy atom. The van der Waals surface area contributed by atoms with Crippen molar-refractivity contribution in [3.63, 3.8) is 0 Å². The van der Waals surface area contributed by atoms with E-state index in [4.69, 9.17) is 14.2 Å². The molecule has 4 fully saturated rings. The summed E-state index contributed by atoms with van der Waals surface area (Å²) in [7, 11) is 0. The number of hydrogen-bond donors (Lipinski definition) is 1. The molecule has 2 bridgehead atoms. The zero-order chi connectivity index (χ0) is 23.7. The maximum absolute atomic E-state index is 14.5. The van der Waals surface area contributed by atoms with Gasteiger partial charge in [-0.2, -0.15) is 0 Å². The third kappa shape index (κ3) is 2.66. The van der Waals surface area contributed by atoms with Crippen molar-refractivity contribution in [2.75, 3.05) is 6.61 Å². The van der Waals surface area contributed by atoms with Crippen LogP contribution in [0, 0.1) is 40.4 Å². The van der Waals surface area contributed by atoms with Crippen LogP contribution in [0.3, 0.4) is 0 Å². The van der Waals surface area contributed by atoms with E-state index in [1.807, 2.05) is 32.9 Å². The van der Waals surface area contributed by atoms with Crippen LogP contribution in [-0.4, -0.2) is 47.1 Å². The van der Waals surface area contributed by atoms with Gasteiger partial charge in [0.15, 0.2) is 23.3 Å². The fourth-order valence-corrected chi connectivity index (χ4v) is 7.83. The van der Waals surface area contributed by atoms with Gasteiger partial charge in [0.1, 0.15) is 6.10 Å². The van der Waals surface area contributed by atoms with Crippen molar-refractivity contribution in [2.24, 2.45) is 40.4 Å². The molecule has 5 aliphatic carbocycles. The van der Waals surface area contributed by atoms with Crippen LogP contribution in [0.25, 0.3) is 0 Å². The molecule has 8 atom stereocenters. The first-order chi connectivity index (χ1) is 15.3. The number of hydrogen-bond acceptors (Lipinski definition) is 6. The minimum Gasteiger partial charge on any atom is -0.454 e. The highest BCUT2D eigenvalue weighted by Crippen LogP contribution is 2.72. The number of rotatable bonds is 2. The van der Waals surface area contributed by atoms with E-state index in [0.717, 1.165) is 30.4 Å². The largest absolute Gasteiger partial charge is 0.454 e. The second kappa shape index (κ2) is 6.38. The zero-order valence-corrected chi connectivity index (χ0v) is 20.5. The van der Waals surface area contributed by atoms with Gasteiger partial charge in [-0.1, -0.05) is 32.9 Å². The number of carbonyl (C=O) groups is 2. The Kier molecular flexibility index (Phi) is 4.25. The topological polar surface area (TPSA) is 82.1 Å². The Balaban J connectivity index is 1.55. The highest BCUT2D eigenvalue weighted by atomic mass is 16.7. The van der Waals surface area contributed by atoms with Crippen LogP contribution >= 0.6 is 0 Å². The van der Waals surface area contributed by atoms with Gasteiger partial charge in [-0.3, -0.25) is 9.59 Å². The molecule has 33 heavy (non-hydrogen) atoms. The van der Waals surface area contributed by atoms with E-state index in [-0.39, 0.29) is 47.4 Å². The third-order valence-corrected chi connectivity index (χ3v) is 9.82. The van der Waals surface area contributed by atoms with Crippen LogP contribution in [-0.2, 0) is 23.8 Å². The quantitative estimate of drug-likeness (QED) is 0.505. The van der Waals surface area contributed by atoms with Gasteiger partial charge in [0.25, 0.3) is 0 Å². The number of carbonyl (C=O) groups excluding carboxylic acids is 2. The lowest BCUT2D eigenvalue weighted by molar-refractivity contribution is -0.304. The summed E-state index contributed by atoms with van der Waals surface area (Å²) in [6, 6.07) is 0. The average Bonchev–Trinajstić information content (AvgIpc) is 3.63. The maximum atomic E-state index is 14.5. The molecule has 0 aromatic carbocycles. The molecule has 180 valence electrons. The summed E-state index contributed by atoms with van der Waals surface area (Å²) in [5, 5.41) is 12.8. The van der Waals surface area contributed by atoms with E-state index in [1.54, 1.807) is 0 Å². The summed E-state index contributed by atoms with van der Waals surface area (Å²) >= 11 is 0. The number of Topliss-reactive ketones (excluding diaryl/α,β-unsaturated/α-hetero) is 1. The molecule has 2 unspecified atom stereocenters. The van der Waals surface area contributed by atoms with Gasteiger partial charge >= 0.3 is 5.97 Å². The molecule has 1 N–H and O–H groups in total. The monoisotopic (exact) mass is 456 g/mol. The molecular weight excluding hydrogens is 420 g/mol. The number of ether oxygens (including phenoxy) is 3. The first kappa shape index (κ1) is 22.0. The minimum atomic E-state index is -1.71. The summed E-state index contributed by atoms with van der Waals surface area (Å²) in [4.78, 5) is 27.4. The molecule has 1 saturated heterocycles. The molecule has 0 aromatic rings. The second-order valence-electron chi connectivity index (χ2n) is 12.6. The molecule has 1 aliphatic heterocycles. The van der Waals surface area contributed by atoms with E-state index in [2.05, 4.69) is 20.8 Å². The Bertz CT molecular complexity index is 1000. The number of allylic oxidation sites excluding steroid dienone is 1. The second-order valence-corrected chi connectivity index (χ2v) is 12.6. The van der Waals surface area contributed by atoms with Crippen molar-refractivity contribution in [2.45, 2.75) is 84.4 Å². The Labute approximate surface area is 195 Å². The van der Waals surface area contributed by atoms with Gasteiger partial charge in [0.05, 0.1) is 17.9 Å². The van der Waals surface area contributed by atoms with Crippen LogP contribution in [0.1, 0.15) is 60.8 Å². The normalized spacial score (nSPS) is 48.9. The van der Waals surface area contributed by atoms with Gasteiger partial charge in [-0.05, 0) is 74.3 Å². The number of fused-ring (bicyclic) bond motifs is 5. The Hall–Kier alpha value is -1.50. The molecule has 1 heterocycles. The van der Waals surface area contributed by atoms with E-state index in [9.17, 15) is 14.7 Å². The molecule has 0 radical (unpaired) electrons. The molecular formula is C27H36O6. The summed E-state index contributed by atoms with van der Waals surface area (Å²) in [6.07, 6.45) is 4.76. The van der Waals surface area contributed by atoms with E-state index < -0.39 is 29.0 Å². The predicted octanol–water partition coefficient (Wildman–Crippen LogP) is 3.57. The molecule has 1 spiro atoms. The zero-order valence-electron chi connectivity index (χ0n) is 20.5. The summed E-state index contributed by atoms with van der Waals surface area (Å²) < 4.78 is 18.5. The van der Waals surface area contributed by atoms with Crippen LogP contribution in [0.15, 0.2) is 23.3 Å². The van der Waals surface area contributed by atoms with Crippen molar-refractivity contribution in [3.8, 4) is 0 Å². The summed E-state index contributed by atoms with van der Waals surface area (Å²) in [6.45, 7) is 12.4. The molecule has 0 amide bonds. The van der Waals surface area contributed by atoms with Gasteiger partial charge in [0, 0.05) is 5.92 Å². The summed E-state index contributed by atoms with van der Waals surface area (Å²) in [5.41, 5.74) is -1.26. The molecule has 6 aliphatic rings. The molecule has 6 nitrogen and oxygen atoms in total. The molecule has 0 aromatic heterocycles. The van der Waals surface area contributed by atoms with Crippen molar-refractivity contribution in [3.05, 3.63) is 23.3 Å². The maximum Gasteiger partial charge on any atom is 0.309 e. The molecule has 3 saturated carbocycles. The highest BCUT2D eigenvalue weighted by molar-refractivity contribution is 5.95. The van der Waals surface area contributed by atoms with Crippen LogP contribution in [0.4, 0.5) is 0 Å². The predicted molar refractivity (Wildman–Crippen MR) is 120 cm³/mol. The van der Waals surface area contributed by atoms with Gasteiger partial charge in [0.2, 0.25) is 0 Å². The fraction of sp³-hybridized carbons (Fsp3) is 0.778. The van der Waals surface area contributed by atoms with Crippen LogP contribution in [0.2, 0.25) is 0 Å². The van der Waals surface area contributed by atoms with Crippen LogP contribution in [0.5, 0.6) is 0 Å². The summed E-state index contributed by atoms with van der Waals surface area (Å²) in [5.74, 6) is -1.04. The van der Waals surface area contributed by atoms with Crippen molar-refractivity contribution < 1.29 is 28.9 Å². The van der Waals surface area contributed by atoms with E-state index in [1.165, 1.54) is 0 Å². The first-order valence-electron chi connectivity index (χ1n) is 12.5. The fourth-order valence-electron chi connectivity index (χ4n) is 7.83. The first-order valence-corrected chi connectivity index (χ1v) is 12.5. The lowest BCUT2D eigenvalue weighted by Crippen LogP contribution is -2.68. The van der Waals surface area contributed by atoms with Crippen molar-refractivity contribution >= 4 is 11.8 Å². The van der Waals surface area contributed by atoms with E-state index in [0.29, 0.717) is 5.92 Å². The molecule has 6 rings (SSSR count).